The average Bonchev–Trinajstić information content (AvgIpc) is 2.30. The largest absolute Gasteiger partial charge is 0.327 e. The molecule has 0 aromatic heterocycles. The van der Waals surface area contributed by atoms with Gasteiger partial charge in [0.2, 0.25) is 0 Å². The van der Waals surface area contributed by atoms with Gasteiger partial charge in [-0.15, -0.1) is 0 Å². The van der Waals surface area contributed by atoms with Crippen LogP contribution in [-0.2, 0) is 4.79 Å². The van der Waals surface area contributed by atoms with Crippen LogP contribution in [0, 0.1) is 5.92 Å². The van der Waals surface area contributed by atoms with Crippen LogP contribution in [0.3, 0.4) is 0 Å². The molecule has 2 unspecified atom stereocenters. The highest BCUT2D eigenvalue weighted by Crippen LogP contribution is 2.33. The molecule has 4 nitrogen and oxygen atoms in total. The maximum atomic E-state index is 11.5. The molecule has 3 amide bonds. The summed E-state index contributed by atoms with van der Waals surface area (Å²) in [7, 11) is 1.67. The van der Waals surface area contributed by atoms with Crippen molar-refractivity contribution in [1.82, 2.24) is 9.80 Å². The lowest BCUT2D eigenvalue weighted by Gasteiger charge is -2.39. The summed E-state index contributed by atoms with van der Waals surface area (Å²) < 4.78 is 0. The molecular formula is C9H14N2O2. The Bertz CT molecular complexity index is 264. The summed E-state index contributed by atoms with van der Waals surface area (Å²) >= 11 is 0. The van der Waals surface area contributed by atoms with Gasteiger partial charge in [0.1, 0.15) is 6.54 Å². The fourth-order valence-corrected chi connectivity index (χ4v) is 2.00. The van der Waals surface area contributed by atoms with E-state index in [2.05, 4.69) is 6.92 Å². The topological polar surface area (TPSA) is 40.6 Å². The number of hydrogen-bond donors (Lipinski definition) is 0. The van der Waals surface area contributed by atoms with Crippen molar-refractivity contribution in [2.45, 2.75) is 25.8 Å². The number of nitrogens with zero attached hydrogens (tertiary/aromatic N) is 2. The van der Waals surface area contributed by atoms with Crippen molar-refractivity contribution in [1.29, 1.82) is 0 Å². The minimum Gasteiger partial charge on any atom is -0.318 e. The summed E-state index contributed by atoms with van der Waals surface area (Å²) in [5, 5.41) is 0. The molecule has 0 spiro atoms. The van der Waals surface area contributed by atoms with Crippen LogP contribution >= 0.6 is 0 Å². The molecule has 1 heterocycles. The summed E-state index contributed by atoms with van der Waals surface area (Å²) in [6.07, 6.45) is 2.11. The Morgan fingerprint density at radius 1 is 1.31 bits per heavy atom. The second kappa shape index (κ2) is 2.72. The van der Waals surface area contributed by atoms with Crippen LogP contribution in [-0.4, -0.2) is 41.4 Å². The number of rotatable bonds is 1. The third-order valence-electron chi connectivity index (χ3n) is 3.08. The Kier molecular flexibility index (Phi) is 1.78. The van der Waals surface area contributed by atoms with Gasteiger partial charge in [-0.25, -0.2) is 4.79 Å². The first-order valence-corrected chi connectivity index (χ1v) is 4.68. The van der Waals surface area contributed by atoms with Crippen LogP contribution in [0.2, 0.25) is 0 Å². The van der Waals surface area contributed by atoms with E-state index in [0.717, 1.165) is 12.8 Å². The lowest BCUT2D eigenvalue weighted by Crippen LogP contribution is -2.49. The number of likely N-dealkylation sites (N-methyl/N-ethyl adjacent to an activating group) is 1. The third-order valence-corrected chi connectivity index (χ3v) is 3.08. The summed E-state index contributed by atoms with van der Waals surface area (Å²) in [6.45, 7) is 2.34. The zero-order valence-electron chi connectivity index (χ0n) is 7.99. The second-order valence-corrected chi connectivity index (χ2v) is 4.02. The van der Waals surface area contributed by atoms with Crippen molar-refractivity contribution in [3.63, 3.8) is 0 Å². The summed E-state index contributed by atoms with van der Waals surface area (Å²) in [5.74, 6) is 0.448. The quantitative estimate of drug-likeness (QED) is 0.559. The maximum absolute atomic E-state index is 11.5. The number of imide groups is 1. The fraction of sp³-hybridized carbons (Fsp3) is 0.778. The van der Waals surface area contributed by atoms with Crippen LogP contribution in [0.15, 0.2) is 0 Å². The molecule has 1 aliphatic heterocycles. The molecule has 1 saturated carbocycles. The molecule has 13 heavy (non-hydrogen) atoms. The Morgan fingerprint density at radius 2 is 2.00 bits per heavy atom. The molecule has 0 radical (unpaired) electrons. The van der Waals surface area contributed by atoms with E-state index in [0.29, 0.717) is 5.92 Å². The van der Waals surface area contributed by atoms with Crippen LogP contribution in [0.5, 0.6) is 0 Å². The first kappa shape index (κ1) is 8.53. The zero-order chi connectivity index (χ0) is 9.59. The summed E-state index contributed by atoms with van der Waals surface area (Å²) in [6, 6.07) is 0.0477. The van der Waals surface area contributed by atoms with Crippen molar-refractivity contribution < 1.29 is 9.59 Å². The van der Waals surface area contributed by atoms with Crippen LogP contribution in [0.1, 0.15) is 19.8 Å². The Morgan fingerprint density at radius 3 is 2.31 bits per heavy atom. The Hall–Kier alpha value is -1.06. The van der Waals surface area contributed by atoms with E-state index in [1.807, 2.05) is 0 Å². The molecule has 2 rings (SSSR count). The molecule has 0 N–H and O–H groups in total. The Labute approximate surface area is 77.5 Å². The van der Waals surface area contributed by atoms with Crippen LogP contribution in [0.25, 0.3) is 0 Å². The van der Waals surface area contributed by atoms with Crippen molar-refractivity contribution in [3.05, 3.63) is 0 Å². The van der Waals surface area contributed by atoms with E-state index in [4.69, 9.17) is 0 Å². The van der Waals surface area contributed by atoms with E-state index in [1.54, 1.807) is 7.05 Å². The third kappa shape index (κ3) is 1.12. The first-order chi connectivity index (χ1) is 6.11. The highest BCUT2D eigenvalue weighted by molar-refractivity contribution is 6.02. The Balaban J connectivity index is 2.14. The lowest BCUT2D eigenvalue weighted by molar-refractivity contribution is -0.129. The molecule has 0 aromatic carbocycles. The van der Waals surface area contributed by atoms with Gasteiger partial charge in [0.25, 0.3) is 5.91 Å². The zero-order valence-corrected chi connectivity index (χ0v) is 7.99. The highest BCUT2D eigenvalue weighted by atomic mass is 16.2. The van der Waals surface area contributed by atoms with Gasteiger partial charge in [-0.1, -0.05) is 6.92 Å². The number of hydrogen-bond acceptors (Lipinski definition) is 2. The van der Waals surface area contributed by atoms with Gasteiger partial charge in [-0.2, -0.15) is 0 Å². The monoisotopic (exact) mass is 182 g/mol. The predicted octanol–water partition coefficient (Wildman–Crippen LogP) is 0.679. The minimum atomic E-state index is -0.124. The van der Waals surface area contributed by atoms with Gasteiger partial charge in [0, 0.05) is 13.1 Å². The molecule has 4 heteroatoms. The predicted molar refractivity (Wildman–Crippen MR) is 47.1 cm³/mol. The average molecular weight is 182 g/mol. The fourth-order valence-electron chi connectivity index (χ4n) is 2.00. The molecule has 2 fully saturated rings. The van der Waals surface area contributed by atoms with E-state index in [-0.39, 0.29) is 24.5 Å². The van der Waals surface area contributed by atoms with E-state index < -0.39 is 0 Å². The molecule has 0 bridgehead atoms. The van der Waals surface area contributed by atoms with Crippen molar-refractivity contribution in [3.8, 4) is 0 Å². The van der Waals surface area contributed by atoms with Gasteiger partial charge in [0.15, 0.2) is 0 Å². The lowest BCUT2D eigenvalue weighted by atomic mass is 9.80. The standard InChI is InChI=1S/C9H14N2O2/c1-6-3-4-7(6)11-8(12)5-10(2)9(11)13/h6-7H,3-5H2,1-2H3. The van der Waals surface area contributed by atoms with Gasteiger partial charge in [0.05, 0.1) is 0 Å². The van der Waals surface area contributed by atoms with Crippen LogP contribution in [0.4, 0.5) is 4.79 Å². The van der Waals surface area contributed by atoms with Crippen molar-refractivity contribution >= 4 is 11.9 Å². The molecule has 72 valence electrons. The van der Waals surface area contributed by atoms with E-state index in [9.17, 15) is 9.59 Å². The summed E-state index contributed by atoms with van der Waals surface area (Å²) in [4.78, 5) is 25.9. The van der Waals surface area contributed by atoms with Crippen LogP contribution < -0.4 is 0 Å². The molecule has 2 atom stereocenters. The molecule has 2 aliphatic rings. The number of amides is 3. The van der Waals surface area contributed by atoms with Gasteiger partial charge < -0.3 is 4.90 Å². The van der Waals surface area contributed by atoms with E-state index in [1.165, 1.54) is 9.80 Å². The SMILES string of the molecule is CC1CCC1N1C(=O)CN(C)C1=O. The van der Waals surface area contributed by atoms with Crippen molar-refractivity contribution in [2.24, 2.45) is 5.92 Å². The number of carbonyl (C=O) groups is 2. The van der Waals surface area contributed by atoms with Gasteiger partial charge in [-0.3, -0.25) is 9.69 Å². The highest BCUT2D eigenvalue weighted by Gasteiger charge is 2.43. The molecule has 1 saturated heterocycles. The van der Waals surface area contributed by atoms with Gasteiger partial charge in [-0.05, 0) is 18.8 Å². The van der Waals surface area contributed by atoms with Crippen molar-refractivity contribution in [2.75, 3.05) is 13.6 Å². The van der Waals surface area contributed by atoms with Gasteiger partial charge >= 0.3 is 6.03 Å². The number of carbonyl (C=O) groups excluding carboxylic acids is 2. The normalized spacial score (nSPS) is 34.0. The molecule has 1 aliphatic carbocycles. The smallest absolute Gasteiger partial charge is 0.318 e. The van der Waals surface area contributed by atoms with E-state index >= 15 is 0 Å². The summed E-state index contributed by atoms with van der Waals surface area (Å²) in [5.41, 5.74) is 0. The second-order valence-electron chi connectivity index (χ2n) is 4.02. The number of urea groups is 1. The first-order valence-electron chi connectivity index (χ1n) is 4.68. The minimum absolute atomic E-state index is 0.0379. The maximum Gasteiger partial charge on any atom is 0.327 e. The molecule has 0 aromatic rings. The molecular weight excluding hydrogens is 168 g/mol.